The number of nitrogens with zero attached hydrogens (tertiary/aromatic N) is 2. The second-order valence-electron chi connectivity index (χ2n) is 5.95. The van der Waals surface area contributed by atoms with E-state index in [9.17, 15) is 0 Å². The van der Waals surface area contributed by atoms with Crippen molar-refractivity contribution in [1.29, 1.82) is 0 Å². The van der Waals surface area contributed by atoms with Crippen LogP contribution in [-0.2, 0) is 4.74 Å². The molecule has 0 aromatic carbocycles. The normalized spacial score (nSPS) is 26.4. The van der Waals surface area contributed by atoms with Crippen LogP contribution in [0.25, 0.3) is 0 Å². The molecule has 2 aliphatic rings. The zero-order valence-corrected chi connectivity index (χ0v) is 12.3. The van der Waals surface area contributed by atoms with Gasteiger partial charge < -0.3 is 15.0 Å². The maximum absolute atomic E-state index is 5.18. The highest BCUT2D eigenvalue weighted by Crippen LogP contribution is 2.49. The Hall–Kier alpha value is -1.13. The van der Waals surface area contributed by atoms with Gasteiger partial charge >= 0.3 is 0 Å². The second-order valence-corrected chi connectivity index (χ2v) is 5.95. The zero-order chi connectivity index (χ0) is 13.8. The Morgan fingerprint density at radius 2 is 2.30 bits per heavy atom. The Labute approximate surface area is 121 Å². The molecule has 1 aliphatic heterocycles. The number of nitrogens with one attached hydrogen (secondary N) is 1. The summed E-state index contributed by atoms with van der Waals surface area (Å²) in [6, 6.07) is 2.36. The minimum absolute atomic E-state index is 0.711. The number of pyridine rings is 1. The molecule has 0 radical (unpaired) electrons. The van der Waals surface area contributed by atoms with E-state index in [1.807, 2.05) is 6.20 Å². The van der Waals surface area contributed by atoms with E-state index in [2.05, 4.69) is 27.5 Å². The second kappa shape index (κ2) is 6.55. The summed E-state index contributed by atoms with van der Waals surface area (Å²) in [5.41, 5.74) is 2.71. The highest BCUT2D eigenvalue weighted by molar-refractivity contribution is 5.48. The summed E-state index contributed by atoms with van der Waals surface area (Å²) in [7, 11) is 1.78. The van der Waals surface area contributed by atoms with Gasteiger partial charge in [0, 0.05) is 39.5 Å². The lowest BCUT2D eigenvalue weighted by atomic mass is 10.1. The van der Waals surface area contributed by atoms with Crippen LogP contribution in [0, 0.1) is 5.92 Å². The molecule has 0 amide bonds. The van der Waals surface area contributed by atoms with Crippen molar-refractivity contribution < 1.29 is 4.74 Å². The molecule has 20 heavy (non-hydrogen) atoms. The van der Waals surface area contributed by atoms with Crippen LogP contribution in [-0.4, -0.2) is 44.9 Å². The fraction of sp³-hybridized carbons (Fsp3) is 0.688. The molecule has 1 aliphatic carbocycles. The van der Waals surface area contributed by atoms with Crippen molar-refractivity contribution in [2.75, 3.05) is 44.8 Å². The smallest absolute Gasteiger partial charge is 0.0556 e. The molecule has 2 heterocycles. The molecule has 0 spiro atoms. The topological polar surface area (TPSA) is 37.4 Å². The van der Waals surface area contributed by atoms with Crippen LogP contribution in [0.3, 0.4) is 0 Å². The number of hydrogen-bond acceptors (Lipinski definition) is 4. The molecule has 1 aromatic rings. The first-order valence-corrected chi connectivity index (χ1v) is 7.78. The maximum atomic E-state index is 5.18. The lowest BCUT2D eigenvalue weighted by Gasteiger charge is -2.22. The van der Waals surface area contributed by atoms with Gasteiger partial charge in [-0.2, -0.15) is 0 Å². The van der Waals surface area contributed by atoms with E-state index in [-0.39, 0.29) is 0 Å². The first kappa shape index (κ1) is 13.8. The van der Waals surface area contributed by atoms with Crippen LogP contribution < -0.4 is 10.2 Å². The Kier molecular flexibility index (Phi) is 4.53. The van der Waals surface area contributed by atoms with E-state index in [0.717, 1.165) is 38.7 Å². The van der Waals surface area contributed by atoms with Gasteiger partial charge in [-0.15, -0.1) is 0 Å². The van der Waals surface area contributed by atoms with Gasteiger partial charge in [0.1, 0.15) is 0 Å². The van der Waals surface area contributed by atoms with E-state index in [0.29, 0.717) is 5.92 Å². The SMILES string of the molecule is COCC[C@H]1C[C@@H]1c1cncc(N2CCCNCC2)c1. The minimum atomic E-state index is 0.711. The van der Waals surface area contributed by atoms with Crippen LogP contribution in [0.5, 0.6) is 0 Å². The monoisotopic (exact) mass is 275 g/mol. The van der Waals surface area contributed by atoms with Crippen LogP contribution >= 0.6 is 0 Å². The lowest BCUT2D eigenvalue weighted by molar-refractivity contribution is 0.189. The average Bonchev–Trinajstić information content (AvgIpc) is 3.29. The van der Waals surface area contributed by atoms with Gasteiger partial charge in [0.25, 0.3) is 0 Å². The van der Waals surface area contributed by atoms with Crippen molar-refractivity contribution >= 4 is 5.69 Å². The highest BCUT2D eigenvalue weighted by Gasteiger charge is 2.38. The van der Waals surface area contributed by atoms with E-state index < -0.39 is 0 Å². The number of rotatable bonds is 5. The van der Waals surface area contributed by atoms with E-state index >= 15 is 0 Å². The third-order valence-electron chi connectivity index (χ3n) is 4.49. The minimum Gasteiger partial charge on any atom is -0.385 e. The summed E-state index contributed by atoms with van der Waals surface area (Å²) >= 11 is 0. The summed E-state index contributed by atoms with van der Waals surface area (Å²) in [5.74, 6) is 1.51. The molecule has 0 bridgehead atoms. The number of methoxy groups -OCH3 is 1. The Bertz CT molecular complexity index is 429. The summed E-state index contributed by atoms with van der Waals surface area (Å²) in [5, 5.41) is 3.45. The van der Waals surface area contributed by atoms with Crippen molar-refractivity contribution in [1.82, 2.24) is 10.3 Å². The molecular weight excluding hydrogens is 250 g/mol. The summed E-state index contributed by atoms with van der Waals surface area (Å²) < 4.78 is 5.18. The van der Waals surface area contributed by atoms with Crippen molar-refractivity contribution in [3.05, 3.63) is 24.0 Å². The number of anilines is 1. The Morgan fingerprint density at radius 1 is 1.35 bits per heavy atom. The molecule has 4 nitrogen and oxygen atoms in total. The van der Waals surface area contributed by atoms with Gasteiger partial charge in [-0.1, -0.05) is 0 Å². The summed E-state index contributed by atoms with van der Waals surface area (Å²) in [6.07, 6.45) is 7.76. The van der Waals surface area contributed by atoms with E-state index in [4.69, 9.17) is 4.74 Å². The first-order valence-electron chi connectivity index (χ1n) is 7.78. The molecule has 2 atom stereocenters. The van der Waals surface area contributed by atoms with Crippen LogP contribution in [0.15, 0.2) is 18.5 Å². The molecule has 4 heteroatoms. The fourth-order valence-electron chi connectivity index (χ4n) is 3.17. The van der Waals surface area contributed by atoms with Gasteiger partial charge in [0.2, 0.25) is 0 Å². The molecule has 1 aromatic heterocycles. The predicted octanol–water partition coefficient (Wildman–Crippen LogP) is 2.02. The molecule has 3 rings (SSSR count). The van der Waals surface area contributed by atoms with Gasteiger partial charge in [0.05, 0.1) is 11.9 Å². The molecular formula is C16H25N3O. The number of aromatic nitrogens is 1. The Morgan fingerprint density at radius 3 is 3.20 bits per heavy atom. The third kappa shape index (κ3) is 3.30. The van der Waals surface area contributed by atoms with E-state index in [1.165, 1.54) is 30.5 Å². The predicted molar refractivity (Wildman–Crippen MR) is 81.3 cm³/mol. The van der Waals surface area contributed by atoms with Crippen LogP contribution in [0.1, 0.15) is 30.7 Å². The lowest BCUT2D eigenvalue weighted by Crippen LogP contribution is -2.27. The van der Waals surface area contributed by atoms with Gasteiger partial charge in [-0.3, -0.25) is 4.98 Å². The molecule has 0 unspecified atom stereocenters. The van der Waals surface area contributed by atoms with Crippen molar-refractivity contribution in [3.8, 4) is 0 Å². The summed E-state index contributed by atoms with van der Waals surface area (Å²) in [6.45, 7) is 5.31. The average molecular weight is 275 g/mol. The molecule has 1 N–H and O–H groups in total. The van der Waals surface area contributed by atoms with Crippen molar-refractivity contribution in [2.24, 2.45) is 5.92 Å². The maximum Gasteiger partial charge on any atom is 0.0556 e. The summed E-state index contributed by atoms with van der Waals surface area (Å²) in [4.78, 5) is 6.93. The third-order valence-corrected chi connectivity index (χ3v) is 4.49. The standard InChI is InChI=1S/C16H25N3O/c1-20-8-3-13-10-16(13)14-9-15(12-18-11-14)19-6-2-4-17-5-7-19/h9,11-13,16-17H,2-8,10H2,1H3/t13-,16-/m0/s1. The highest BCUT2D eigenvalue weighted by atomic mass is 16.5. The molecule has 1 saturated heterocycles. The van der Waals surface area contributed by atoms with Gasteiger partial charge in [-0.25, -0.2) is 0 Å². The largest absolute Gasteiger partial charge is 0.385 e. The van der Waals surface area contributed by atoms with Gasteiger partial charge in [-0.05, 0) is 49.3 Å². The number of hydrogen-bond donors (Lipinski definition) is 1. The quantitative estimate of drug-likeness (QED) is 0.892. The number of ether oxygens (including phenoxy) is 1. The van der Waals surface area contributed by atoms with Crippen LogP contribution in [0.4, 0.5) is 5.69 Å². The fourth-order valence-corrected chi connectivity index (χ4v) is 3.17. The van der Waals surface area contributed by atoms with Gasteiger partial charge in [0.15, 0.2) is 0 Å². The van der Waals surface area contributed by atoms with Crippen LogP contribution in [0.2, 0.25) is 0 Å². The van der Waals surface area contributed by atoms with Crippen molar-refractivity contribution in [3.63, 3.8) is 0 Å². The Balaban J connectivity index is 1.64. The van der Waals surface area contributed by atoms with Crippen molar-refractivity contribution in [2.45, 2.75) is 25.2 Å². The first-order chi connectivity index (χ1) is 9.88. The molecule has 2 fully saturated rings. The zero-order valence-electron chi connectivity index (χ0n) is 12.3. The molecule has 110 valence electrons. The molecule has 1 saturated carbocycles. The van der Waals surface area contributed by atoms with E-state index in [1.54, 1.807) is 7.11 Å².